The van der Waals surface area contributed by atoms with Crippen LogP contribution in [0.5, 0.6) is 5.75 Å². The van der Waals surface area contributed by atoms with Crippen molar-refractivity contribution >= 4 is 23.5 Å². The molecule has 1 atom stereocenters. The summed E-state index contributed by atoms with van der Waals surface area (Å²) in [6, 6.07) is 7.87. The van der Waals surface area contributed by atoms with Crippen LogP contribution in [0.15, 0.2) is 50.2 Å². The Labute approximate surface area is 248 Å². The van der Waals surface area contributed by atoms with E-state index in [4.69, 9.17) is 40.4 Å². The lowest BCUT2D eigenvalue weighted by atomic mass is 10.0. The van der Waals surface area contributed by atoms with Crippen LogP contribution in [-0.2, 0) is 27.3 Å². The van der Waals surface area contributed by atoms with Gasteiger partial charge in [0.15, 0.2) is 18.1 Å². The van der Waals surface area contributed by atoms with E-state index in [0.717, 1.165) is 0 Å². The van der Waals surface area contributed by atoms with Crippen molar-refractivity contribution in [2.45, 2.75) is 32.5 Å². The van der Waals surface area contributed by atoms with Crippen molar-refractivity contribution in [2.75, 3.05) is 38.6 Å². The summed E-state index contributed by atoms with van der Waals surface area (Å²) in [7, 11) is 0. The quantitative estimate of drug-likeness (QED) is 0.193. The lowest BCUT2D eigenvalue weighted by Gasteiger charge is -2.33. The van der Waals surface area contributed by atoms with Gasteiger partial charge in [0.2, 0.25) is 5.95 Å². The van der Waals surface area contributed by atoms with Gasteiger partial charge in [0, 0.05) is 37.3 Å². The second-order valence-electron chi connectivity index (χ2n) is 9.50. The van der Waals surface area contributed by atoms with Crippen molar-refractivity contribution in [2.24, 2.45) is 0 Å². The van der Waals surface area contributed by atoms with Crippen molar-refractivity contribution in [3.8, 4) is 17.1 Å². The van der Waals surface area contributed by atoms with Crippen molar-refractivity contribution in [1.29, 1.82) is 0 Å². The van der Waals surface area contributed by atoms with E-state index in [2.05, 4.69) is 15.1 Å². The maximum absolute atomic E-state index is 13.6. The number of nitrogen functional groups attached to an aromatic ring is 1. The molecule has 43 heavy (non-hydrogen) atoms. The number of anilines is 1. The first-order chi connectivity index (χ1) is 20.7. The van der Waals surface area contributed by atoms with Crippen LogP contribution in [0.2, 0.25) is 5.15 Å². The minimum absolute atomic E-state index is 0.0530. The third kappa shape index (κ3) is 7.36. The fourth-order valence-electron chi connectivity index (χ4n) is 4.56. The number of nitrogens with two attached hydrogens (primary N) is 1. The molecule has 228 valence electrons. The molecule has 1 aliphatic rings. The van der Waals surface area contributed by atoms with Crippen LogP contribution in [0.25, 0.3) is 11.4 Å². The summed E-state index contributed by atoms with van der Waals surface area (Å²) in [5.74, 6) is -0.632. The molecule has 1 fully saturated rings. The molecule has 1 aromatic carbocycles. The molecule has 0 unspecified atom stereocenters. The van der Waals surface area contributed by atoms with Gasteiger partial charge in [-0.15, -0.1) is 0 Å². The molecule has 2 N–H and O–H groups in total. The van der Waals surface area contributed by atoms with Gasteiger partial charge in [-0.3, -0.25) is 9.69 Å². The van der Waals surface area contributed by atoms with Crippen molar-refractivity contribution in [3.05, 3.63) is 74.9 Å². The number of carbonyl (C=O) groups is 1. The maximum Gasteiger partial charge on any atom is 0.519 e. The van der Waals surface area contributed by atoms with Gasteiger partial charge in [0.1, 0.15) is 29.2 Å². The lowest BCUT2D eigenvalue weighted by Crippen LogP contribution is -2.51. The predicted molar refractivity (Wildman–Crippen MR) is 147 cm³/mol. The van der Waals surface area contributed by atoms with Gasteiger partial charge in [0.05, 0.1) is 18.9 Å². The topological polar surface area (TPSA) is 161 Å². The van der Waals surface area contributed by atoms with Gasteiger partial charge in [-0.05, 0) is 18.6 Å². The van der Waals surface area contributed by atoms with E-state index in [0.29, 0.717) is 41.3 Å². The molecule has 4 aromatic rings. The van der Waals surface area contributed by atoms with E-state index in [1.807, 2.05) is 11.0 Å². The van der Waals surface area contributed by atoms with E-state index in [-0.39, 0.29) is 60.3 Å². The number of rotatable bonds is 11. The Morgan fingerprint density at radius 1 is 1.23 bits per heavy atom. The zero-order chi connectivity index (χ0) is 30.5. The second-order valence-corrected chi connectivity index (χ2v) is 9.88. The molecule has 0 saturated carbocycles. The molecule has 16 heteroatoms. The highest BCUT2D eigenvalue weighted by molar-refractivity contribution is 6.29. The van der Waals surface area contributed by atoms with Gasteiger partial charge in [-0.25, -0.2) is 19.4 Å². The van der Waals surface area contributed by atoms with Crippen molar-refractivity contribution in [1.82, 2.24) is 24.6 Å². The lowest BCUT2D eigenvalue weighted by molar-refractivity contribution is -0.158. The summed E-state index contributed by atoms with van der Waals surface area (Å²) in [6.45, 7) is -0.00468. The Hall–Kier alpha value is -4.34. The number of aryl methyl sites for hydroxylation is 1. The van der Waals surface area contributed by atoms with Crippen LogP contribution in [0.1, 0.15) is 29.2 Å². The minimum atomic E-state index is -2.87. The highest BCUT2D eigenvalue weighted by Crippen LogP contribution is 2.30. The van der Waals surface area contributed by atoms with E-state index in [1.54, 1.807) is 18.2 Å². The summed E-state index contributed by atoms with van der Waals surface area (Å²) in [6.07, 6.45) is 1.43. The van der Waals surface area contributed by atoms with Crippen LogP contribution in [0, 0.1) is 6.92 Å². The standard InChI is InChI=1S/C27H27ClF2N6O7/c1-15-21(43-27(38)42-15)14-41-24(37)19-13-39-8-6-35(19)7-9-40-20-5-3-2-4-16(20)10-17-12-36(25(29)30)34-23(17)18-11-22(28)33-26(31)32-18/h2-5,11-12,19,25H,6-10,13-14H2,1H3,(H2,31,32,33)/t19-/m0/s1. The number of halogens is 3. The number of benzene rings is 1. The van der Waals surface area contributed by atoms with E-state index >= 15 is 0 Å². The van der Waals surface area contributed by atoms with Crippen LogP contribution < -0.4 is 16.3 Å². The molecule has 3 aromatic heterocycles. The number of ether oxygens (including phenoxy) is 3. The van der Waals surface area contributed by atoms with Gasteiger partial charge >= 0.3 is 18.3 Å². The molecule has 5 rings (SSSR count). The number of carbonyl (C=O) groups excluding carboxylic acids is 1. The molecular formula is C27H27ClF2N6O7. The minimum Gasteiger partial charge on any atom is -0.492 e. The summed E-state index contributed by atoms with van der Waals surface area (Å²) < 4.78 is 54.2. The molecule has 0 radical (unpaired) electrons. The molecule has 13 nitrogen and oxygen atoms in total. The molecule has 0 aliphatic carbocycles. The Bertz CT molecular complexity index is 1620. The Morgan fingerprint density at radius 3 is 2.79 bits per heavy atom. The normalized spacial score (nSPS) is 15.6. The van der Waals surface area contributed by atoms with E-state index < -0.39 is 24.4 Å². The van der Waals surface area contributed by atoms with Gasteiger partial charge in [-0.1, -0.05) is 29.8 Å². The van der Waals surface area contributed by atoms with Gasteiger partial charge in [-0.2, -0.15) is 13.9 Å². The largest absolute Gasteiger partial charge is 0.519 e. The van der Waals surface area contributed by atoms with E-state index in [9.17, 15) is 18.4 Å². The SMILES string of the molecule is Cc1oc(=O)oc1COC(=O)[C@@H]1COCCN1CCOc1ccccc1Cc1cn(C(F)F)nc1-c1cc(Cl)nc(N)n1. The molecule has 0 bridgehead atoms. The summed E-state index contributed by atoms with van der Waals surface area (Å²) in [5.41, 5.74) is 7.27. The molecule has 4 heterocycles. The monoisotopic (exact) mass is 620 g/mol. The van der Waals surface area contributed by atoms with Crippen LogP contribution in [0.4, 0.5) is 14.7 Å². The zero-order valence-corrected chi connectivity index (χ0v) is 23.6. The van der Waals surface area contributed by atoms with Crippen LogP contribution in [0.3, 0.4) is 0 Å². The Balaban J connectivity index is 1.26. The first-order valence-electron chi connectivity index (χ1n) is 13.1. The summed E-state index contributed by atoms with van der Waals surface area (Å²) in [5, 5.41) is 4.06. The third-order valence-electron chi connectivity index (χ3n) is 6.64. The third-order valence-corrected chi connectivity index (χ3v) is 6.84. The predicted octanol–water partition coefficient (Wildman–Crippen LogP) is 3.24. The summed E-state index contributed by atoms with van der Waals surface area (Å²) in [4.78, 5) is 33.9. The van der Waals surface area contributed by atoms with Crippen LogP contribution in [-0.4, -0.2) is 69.6 Å². The average Bonchev–Trinajstić information content (AvgIpc) is 3.54. The fraction of sp³-hybridized carbons (Fsp3) is 0.370. The fourth-order valence-corrected chi connectivity index (χ4v) is 4.75. The van der Waals surface area contributed by atoms with Gasteiger partial charge < -0.3 is 28.8 Å². The summed E-state index contributed by atoms with van der Waals surface area (Å²) >= 11 is 6.02. The van der Waals surface area contributed by atoms with Crippen molar-refractivity contribution < 1.29 is 36.6 Å². The first kappa shape index (κ1) is 30.1. The zero-order valence-electron chi connectivity index (χ0n) is 22.9. The van der Waals surface area contributed by atoms with E-state index in [1.165, 1.54) is 19.2 Å². The van der Waals surface area contributed by atoms with Crippen molar-refractivity contribution in [3.63, 3.8) is 0 Å². The first-order valence-corrected chi connectivity index (χ1v) is 13.5. The number of alkyl halides is 2. The molecule has 0 spiro atoms. The molecule has 1 aliphatic heterocycles. The molecule has 0 amide bonds. The number of hydrogen-bond acceptors (Lipinski definition) is 12. The number of morpholine rings is 1. The van der Waals surface area contributed by atoms with Gasteiger partial charge in [0.25, 0.3) is 0 Å². The van der Waals surface area contributed by atoms with Crippen LogP contribution >= 0.6 is 11.6 Å². The molecular weight excluding hydrogens is 594 g/mol. The second kappa shape index (κ2) is 13.3. The highest BCUT2D eigenvalue weighted by atomic mass is 35.5. The Kier molecular flexibility index (Phi) is 9.33. The number of hydrogen-bond donors (Lipinski definition) is 1. The number of aromatic nitrogens is 4. The smallest absolute Gasteiger partial charge is 0.492 e. The Morgan fingerprint density at radius 2 is 2.05 bits per heavy atom. The maximum atomic E-state index is 13.6. The number of nitrogens with zero attached hydrogens (tertiary/aromatic N) is 5. The average molecular weight is 621 g/mol. The molecule has 1 saturated heterocycles. The number of para-hydroxylation sites is 1. The highest BCUT2D eigenvalue weighted by Gasteiger charge is 2.31. The number of esters is 1.